The van der Waals surface area contributed by atoms with Crippen LogP contribution in [0.2, 0.25) is 0 Å². The maximum atomic E-state index is 13.0. The zero-order chi connectivity index (χ0) is 16.4. The molecule has 2 aromatic rings. The van der Waals surface area contributed by atoms with Crippen LogP contribution in [0.1, 0.15) is 24.2 Å². The monoisotopic (exact) mass is 315 g/mol. The van der Waals surface area contributed by atoms with Gasteiger partial charge in [0.15, 0.2) is 0 Å². The second-order valence-corrected chi connectivity index (χ2v) is 6.37. The molecule has 1 atom stereocenters. The number of aromatic nitrogens is 2. The number of nitrogens with zero attached hydrogens (tertiary/aromatic N) is 3. The van der Waals surface area contributed by atoms with Crippen LogP contribution in [0.5, 0.6) is 0 Å². The number of hydrogen-bond acceptors (Lipinski definition) is 5. The van der Waals surface area contributed by atoms with Gasteiger partial charge in [-0.25, -0.2) is 0 Å². The maximum absolute atomic E-state index is 13.0. The Morgan fingerprint density at radius 1 is 1.39 bits per heavy atom. The third-order valence-electron chi connectivity index (χ3n) is 3.85. The number of benzene rings is 1. The molecule has 1 fully saturated rings. The summed E-state index contributed by atoms with van der Waals surface area (Å²) in [6, 6.07) is 5.49. The van der Waals surface area contributed by atoms with Gasteiger partial charge in [0.1, 0.15) is 5.52 Å². The van der Waals surface area contributed by atoms with E-state index in [0.29, 0.717) is 30.8 Å². The second kappa shape index (κ2) is 6.22. The molecule has 3 rings (SSSR count). The van der Waals surface area contributed by atoms with Gasteiger partial charge in [0.05, 0.1) is 29.4 Å². The molecule has 0 N–H and O–H groups in total. The summed E-state index contributed by atoms with van der Waals surface area (Å²) >= 11 is 0. The van der Waals surface area contributed by atoms with Gasteiger partial charge in [0, 0.05) is 32.6 Å². The number of methoxy groups -OCH3 is 1. The van der Waals surface area contributed by atoms with E-state index in [0.717, 1.165) is 5.52 Å². The summed E-state index contributed by atoms with van der Waals surface area (Å²) in [7, 11) is 1.64. The number of fused-ring (bicyclic) bond motifs is 1. The molecule has 1 aliphatic heterocycles. The van der Waals surface area contributed by atoms with E-state index in [4.69, 9.17) is 9.47 Å². The third kappa shape index (κ3) is 3.33. The standard InChI is InChI=1S/C17H21N3O3/c1-17(2)11-20(9-12(23-17)10-22-3)16(21)13-5-4-6-14-15(13)19-8-7-18-14/h4-8,12H,9-11H2,1-3H3. The Kier molecular flexibility index (Phi) is 4.28. The minimum atomic E-state index is -0.409. The number of ether oxygens (including phenoxy) is 2. The van der Waals surface area contributed by atoms with Crippen molar-refractivity contribution in [3.63, 3.8) is 0 Å². The lowest BCUT2D eigenvalue weighted by Gasteiger charge is -2.42. The molecular formula is C17H21N3O3. The minimum Gasteiger partial charge on any atom is -0.382 e. The van der Waals surface area contributed by atoms with E-state index in [2.05, 4.69) is 9.97 Å². The van der Waals surface area contributed by atoms with Crippen LogP contribution in [0.15, 0.2) is 30.6 Å². The Balaban J connectivity index is 1.92. The van der Waals surface area contributed by atoms with E-state index in [9.17, 15) is 4.79 Å². The van der Waals surface area contributed by atoms with Crippen LogP contribution >= 0.6 is 0 Å². The molecule has 0 spiro atoms. The van der Waals surface area contributed by atoms with Crippen molar-refractivity contribution < 1.29 is 14.3 Å². The number of rotatable bonds is 3. The first-order valence-corrected chi connectivity index (χ1v) is 7.66. The number of carbonyl (C=O) groups is 1. The molecule has 0 aliphatic carbocycles. The summed E-state index contributed by atoms with van der Waals surface area (Å²) in [6.45, 7) is 5.47. The molecule has 1 aromatic carbocycles. The smallest absolute Gasteiger partial charge is 0.256 e. The van der Waals surface area contributed by atoms with Gasteiger partial charge in [-0.3, -0.25) is 14.8 Å². The average molecular weight is 315 g/mol. The Bertz CT molecular complexity index is 712. The van der Waals surface area contributed by atoms with Gasteiger partial charge >= 0.3 is 0 Å². The average Bonchev–Trinajstić information content (AvgIpc) is 2.52. The molecule has 122 valence electrons. The summed E-state index contributed by atoms with van der Waals surface area (Å²) in [5.74, 6) is -0.0476. The van der Waals surface area contributed by atoms with Gasteiger partial charge in [-0.1, -0.05) is 6.07 Å². The predicted molar refractivity (Wildman–Crippen MR) is 86.3 cm³/mol. The first-order chi connectivity index (χ1) is 11.0. The van der Waals surface area contributed by atoms with Crippen molar-refractivity contribution >= 4 is 16.9 Å². The highest BCUT2D eigenvalue weighted by atomic mass is 16.5. The van der Waals surface area contributed by atoms with Crippen LogP contribution in [0.4, 0.5) is 0 Å². The molecule has 23 heavy (non-hydrogen) atoms. The maximum Gasteiger partial charge on any atom is 0.256 e. The Morgan fingerprint density at radius 2 is 2.17 bits per heavy atom. The Labute approximate surface area is 135 Å². The topological polar surface area (TPSA) is 64.5 Å². The first-order valence-electron chi connectivity index (χ1n) is 7.66. The van der Waals surface area contributed by atoms with Gasteiger partial charge in [-0.2, -0.15) is 0 Å². The molecule has 0 bridgehead atoms. The van der Waals surface area contributed by atoms with Crippen molar-refractivity contribution in [2.45, 2.75) is 25.6 Å². The van der Waals surface area contributed by atoms with Gasteiger partial charge in [-0.15, -0.1) is 0 Å². The van der Waals surface area contributed by atoms with E-state index < -0.39 is 5.60 Å². The summed E-state index contributed by atoms with van der Waals surface area (Å²) in [5, 5.41) is 0. The van der Waals surface area contributed by atoms with Crippen molar-refractivity contribution in [2.75, 3.05) is 26.8 Å². The molecule has 6 nitrogen and oxygen atoms in total. The van der Waals surface area contributed by atoms with Crippen LogP contribution in [-0.2, 0) is 9.47 Å². The number of hydrogen-bond donors (Lipinski definition) is 0. The lowest BCUT2D eigenvalue weighted by Crippen LogP contribution is -2.55. The largest absolute Gasteiger partial charge is 0.382 e. The fraction of sp³-hybridized carbons (Fsp3) is 0.471. The summed E-state index contributed by atoms with van der Waals surface area (Å²) in [5.41, 5.74) is 1.52. The molecule has 1 aliphatic rings. The number of morpholine rings is 1. The number of para-hydroxylation sites is 1. The molecule has 1 amide bonds. The summed E-state index contributed by atoms with van der Waals surface area (Å²) in [4.78, 5) is 23.4. The quantitative estimate of drug-likeness (QED) is 0.865. The van der Waals surface area contributed by atoms with Crippen LogP contribution in [0.25, 0.3) is 11.0 Å². The van der Waals surface area contributed by atoms with Crippen LogP contribution in [-0.4, -0.2) is 59.3 Å². The molecule has 2 heterocycles. The van der Waals surface area contributed by atoms with Gasteiger partial charge in [-0.05, 0) is 26.0 Å². The zero-order valence-corrected chi connectivity index (χ0v) is 13.7. The lowest BCUT2D eigenvalue weighted by atomic mass is 10.0. The highest BCUT2D eigenvalue weighted by Gasteiger charge is 2.36. The molecule has 0 radical (unpaired) electrons. The van der Waals surface area contributed by atoms with Crippen LogP contribution in [0, 0.1) is 0 Å². The van der Waals surface area contributed by atoms with Crippen molar-refractivity contribution in [1.82, 2.24) is 14.9 Å². The zero-order valence-electron chi connectivity index (χ0n) is 13.7. The lowest BCUT2D eigenvalue weighted by molar-refractivity contribution is -0.143. The van der Waals surface area contributed by atoms with E-state index in [1.165, 1.54) is 0 Å². The highest BCUT2D eigenvalue weighted by molar-refractivity contribution is 6.04. The minimum absolute atomic E-state index is 0.0476. The van der Waals surface area contributed by atoms with Crippen molar-refractivity contribution in [3.8, 4) is 0 Å². The van der Waals surface area contributed by atoms with E-state index in [1.54, 1.807) is 25.6 Å². The van der Waals surface area contributed by atoms with E-state index >= 15 is 0 Å². The third-order valence-corrected chi connectivity index (χ3v) is 3.85. The summed E-state index contributed by atoms with van der Waals surface area (Å²) < 4.78 is 11.2. The fourth-order valence-electron chi connectivity index (χ4n) is 3.06. The van der Waals surface area contributed by atoms with Gasteiger partial charge in [0.2, 0.25) is 0 Å². The van der Waals surface area contributed by atoms with E-state index in [-0.39, 0.29) is 12.0 Å². The first kappa shape index (κ1) is 15.8. The molecule has 1 saturated heterocycles. The van der Waals surface area contributed by atoms with Gasteiger partial charge < -0.3 is 14.4 Å². The van der Waals surface area contributed by atoms with E-state index in [1.807, 2.05) is 30.9 Å². The summed E-state index contributed by atoms with van der Waals surface area (Å²) in [6.07, 6.45) is 3.10. The number of amides is 1. The number of carbonyl (C=O) groups excluding carboxylic acids is 1. The highest BCUT2D eigenvalue weighted by Crippen LogP contribution is 2.24. The van der Waals surface area contributed by atoms with Crippen LogP contribution < -0.4 is 0 Å². The fourth-order valence-corrected chi connectivity index (χ4v) is 3.06. The normalized spacial score (nSPS) is 20.7. The second-order valence-electron chi connectivity index (χ2n) is 6.37. The molecular weight excluding hydrogens is 294 g/mol. The van der Waals surface area contributed by atoms with Gasteiger partial charge in [0.25, 0.3) is 5.91 Å². The Morgan fingerprint density at radius 3 is 2.96 bits per heavy atom. The molecule has 0 saturated carbocycles. The predicted octanol–water partition coefficient (Wildman–Crippen LogP) is 1.90. The van der Waals surface area contributed by atoms with Crippen LogP contribution in [0.3, 0.4) is 0 Å². The van der Waals surface area contributed by atoms with Crippen molar-refractivity contribution in [2.24, 2.45) is 0 Å². The van der Waals surface area contributed by atoms with Crippen molar-refractivity contribution in [3.05, 3.63) is 36.2 Å². The molecule has 1 aromatic heterocycles. The SMILES string of the molecule is COCC1CN(C(=O)c2cccc3nccnc23)CC(C)(C)O1. The molecule has 1 unspecified atom stereocenters. The molecule has 6 heteroatoms. The van der Waals surface area contributed by atoms with Crippen molar-refractivity contribution in [1.29, 1.82) is 0 Å². The Hall–Kier alpha value is -2.05.